The van der Waals surface area contributed by atoms with Crippen molar-refractivity contribution >= 4 is 0 Å². The lowest BCUT2D eigenvalue weighted by Crippen LogP contribution is -2.24. The number of alkyl halides is 3. The summed E-state index contributed by atoms with van der Waals surface area (Å²) in [7, 11) is 0. The number of fused-ring (bicyclic) bond motifs is 1. The maximum atomic E-state index is 12.8. The van der Waals surface area contributed by atoms with Crippen LogP contribution in [0.25, 0.3) is 11.1 Å². The lowest BCUT2D eigenvalue weighted by Gasteiger charge is -2.18. The smallest absolute Gasteiger partial charge is 0.312 e. The molecule has 156 valence electrons. The second-order valence-corrected chi connectivity index (χ2v) is 7.69. The first kappa shape index (κ1) is 20.6. The maximum Gasteiger partial charge on any atom is 0.416 e. The van der Waals surface area contributed by atoms with Crippen LogP contribution >= 0.6 is 0 Å². The highest BCUT2D eigenvalue weighted by molar-refractivity contribution is 5.67. The molecule has 0 radical (unpaired) electrons. The third kappa shape index (κ3) is 4.91. The molecule has 0 aliphatic carbocycles. The third-order valence-corrected chi connectivity index (χ3v) is 5.60. The van der Waals surface area contributed by atoms with Crippen molar-refractivity contribution in [1.29, 1.82) is 0 Å². The van der Waals surface area contributed by atoms with Crippen LogP contribution in [0.15, 0.2) is 66.7 Å². The van der Waals surface area contributed by atoms with Crippen molar-refractivity contribution < 1.29 is 13.2 Å². The van der Waals surface area contributed by atoms with Crippen molar-refractivity contribution in [3.05, 3.63) is 94.5 Å². The molecule has 1 heterocycles. The Morgan fingerprint density at radius 1 is 0.900 bits per heavy atom. The van der Waals surface area contributed by atoms with Gasteiger partial charge in [-0.1, -0.05) is 54.6 Å². The summed E-state index contributed by atoms with van der Waals surface area (Å²) < 4.78 is 38.5. The lowest BCUT2D eigenvalue weighted by atomic mass is 9.96. The zero-order valence-corrected chi connectivity index (χ0v) is 16.7. The van der Waals surface area contributed by atoms with Crippen LogP contribution in [0.5, 0.6) is 0 Å². The first-order valence-electron chi connectivity index (χ1n) is 10.3. The van der Waals surface area contributed by atoms with Crippen molar-refractivity contribution in [3.8, 4) is 11.1 Å². The summed E-state index contributed by atoms with van der Waals surface area (Å²) in [6, 6.07) is 20.0. The molecule has 2 nitrogen and oxygen atoms in total. The second-order valence-electron chi connectivity index (χ2n) is 7.69. The van der Waals surface area contributed by atoms with E-state index < -0.39 is 11.7 Å². The number of hydrogen-bond acceptors (Lipinski definition) is 2. The fourth-order valence-electron chi connectivity index (χ4n) is 3.96. The van der Waals surface area contributed by atoms with Gasteiger partial charge in [0.1, 0.15) is 0 Å². The number of nitrogens with one attached hydrogen (secondary N) is 2. The van der Waals surface area contributed by atoms with Crippen molar-refractivity contribution in [3.63, 3.8) is 0 Å². The molecule has 0 atom stereocenters. The monoisotopic (exact) mass is 410 g/mol. The molecule has 3 aromatic rings. The molecular formula is C25H25F3N2. The van der Waals surface area contributed by atoms with Crippen LogP contribution in [0.3, 0.4) is 0 Å². The number of rotatable bonds is 6. The Labute approximate surface area is 175 Å². The van der Waals surface area contributed by atoms with Crippen LogP contribution < -0.4 is 10.6 Å². The minimum atomic E-state index is -4.31. The minimum absolute atomic E-state index is 0.619. The molecule has 5 heteroatoms. The second kappa shape index (κ2) is 9.02. The summed E-state index contributed by atoms with van der Waals surface area (Å²) in [5.74, 6) is 0. The standard InChI is InChI=1S/C25H25F3N2/c26-25(27,28)23-9-7-20(8-10-23)24-4-2-1-3-19(24)11-13-29-16-18-5-6-22-17-30-14-12-21(22)15-18/h1-10,15,29-30H,11-14,16-17H2. The summed E-state index contributed by atoms with van der Waals surface area (Å²) in [5.41, 5.74) is 6.39. The first-order valence-corrected chi connectivity index (χ1v) is 10.3. The molecule has 4 rings (SSSR count). The lowest BCUT2D eigenvalue weighted by molar-refractivity contribution is -0.137. The quantitative estimate of drug-likeness (QED) is 0.535. The molecule has 0 spiro atoms. The highest BCUT2D eigenvalue weighted by atomic mass is 19.4. The van der Waals surface area contributed by atoms with Crippen LogP contribution in [0.4, 0.5) is 13.2 Å². The summed E-state index contributed by atoms with van der Waals surface area (Å²) in [6.07, 6.45) is -2.43. The molecule has 1 aliphatic heterocycles. The van der Waals surface area contributed by atoms with Gasteiger partial charge in [0.15, 0.2) is 0 Å². The van der Waals surface area contributed by atoms with E-state index in [1.54, 1.807) is 12.1 Å². The van der Waals surface area contributed by atoms with Crippen LogP contribution in [0.1, 0.15) is 27.8 Å². The zero-order valence-electron chi connectivity index (χ0n) is 16.7. The molecular weight excluding hydrogens is 385 g/mol. The number of benzene rings is 3. The minimum Gasteiger partial charge on any atom is -0.312 e. The van der Waals surface area contributed by atoms with Crippen molar-refractivity contribution in [1.82, 2.24) is 10.6 Å². The molecule has 0 unspecified atom stereocenters. The molecule has 0 saturated carbocycles. The van der Waals surface area contributed by atoms with Crippen molar-refractivity contribution in [2.24, 2.45) is 0 Å². The van der Waals surface area contributed by atoms with Gasteiger partial charge in [-0.05, 0) is 71.4 Å². The van der Waals surface area contributed by atoms with E-state index >= 15 is 0 Å². The van der Waals surface area contributed by atoms with Gasteiger partial charge in [-0.2, -0.15) is 13.2 Å². The Morgan fingerprint density at radius 2 is 1.70 bits per heavy atom. The van der Waals surface area contributed by atoms with E-state index in [4.69, 9.17) is 0 Å². The van der Waals surface area contributed by atoms with Gasteiger partial charge in [0.2, 0.25) is 0 Å². The molecule has 0 aromatic heterocycles. The normalized spacial score (nSPS) is 13.8. The molecule has 1 aliphatic rings. The Bertz CT molecular complexity index is 994. The first-order chi connectivity index (χ1) is 14.5. The Hall–Kier alpha value is -2.63. The Kier molecular flexibility index (Phi) is 6.21. The van der Waals surface area contributed by atoms with E-state index in [2.05, 4.69) is 28.8 Å². The van der Waals surface area contributed by atoms with Gasteiger partial charge in [-0.25, -0.2) is 0 Å². The van der Waals surface area contributed by atoms with E-state index in [1.165, 1.54) is 16.7 Å². The predicted molar refractivity (Wildman–Crippen MR) is 114 cm³/mol. The zero-order chi connectivity index (χ0) is 21.0. The van der Waals surface area contributed by atoms with E-state index in [0.29, 0.717) is 0 Å². The van der Waals surface area contributed by atoms with Gasteiger partial charge in [0, 0.05) is 13.1 Å². The molecule has 0 amide bonds. The van der Waals surface area contributed by atoms with E-state index in [1.807, 2.05) is 24.3 Å². The van der Waals surface area contributed by atoms with Gasteiger partial charge in [0.25, 0.3) is 0 Å². The average molecular weight is 410 g/mol. The van der Waals surface area contributed by atoms with Gasteiger partial charge in [0.05, 0.1) is 5.56 Å². The van der Waals surface area contributed by atoms with E-state index in [-0.39, 0.29) is 0 Å². The third-order valence-electron chi connectivity index (χ3n) is 5.60. The van der Waals surface area contributed by atoms with Crippen LogP contribution in [0, 0.1) is 0 Å². The number of halogens is 3. The van der Waals surface area contributed by atoms with Gasteiger partial charge in [-0.15, -0.1) is 0 Å². The van der Waals surface area contributed by atoms with Crippen LogP contribution in [0.2, 0.25) is 0 Å². The highest BCUT2D eigenvalue weighted by Gasteiger charge is 2.30. The van der Waals surface area contributed by atoms with E-state index in [0.717, 1.165) is 67.8 Å². The fourth-order valence-corrected chi connectivity index (χ4v) is 3.96. The molecule has 30 heavy (non-hydrogen) atoms. The summed E-state index contributed by atoms with van der Waals surface area (Å²) >= 11 is 0. The van der Waals surface area contributed by atoms with Crippen LogP contribution in [-0.4, -0.2) is 13.1 Å². The average Bonchev–Trinajstić information content (AvgIpc) is 2.76. The molecule has 0 fully saturated rings. The van der Waals surface area contributed by atoms with E-state index in [9.17, 15) is 13.2 Å². The van der Waals surface area contributed by atoms with Crippen LogP contribution in [-0.2, 0) is 32.1 Å². The topological polar surface area (TPSA) is 24.1 Å². The summed E-state index contributed by atoms with van der Waals surface area (Å²) in [4.78, 5) is 0. The largest absolute Gasteiger partial charge is 0.416 e. The highest BCUT2D eigenvalue weighted by Crippen LogP contribution is 2.32. The van der Waals surface area contributed by atoms with Crippen molar-refractivity contribution in [2.45, 2.75) is 32.1 Å². The maximum absolute atomic E-state index is 12.8. The SMILES string of the molecule is FC(F)(F)c1ccc(-c2ccccc2CCNCc2ccc3c(c2)CCNC3)cc1. The van der Waals surface area contributed by atoms with Crippen molar-refractivity contribution in [2.75, 3.05) is 13.1 Å². The fraction of sp³-hybridized carbons (Fsp3) is 0.280. The molecule has 2 N–H and O–H groups in total. The van der Waals surface area contributed by atoms with Gasteiger partial charge < -0.3 is 10.6 Å². The number of hydrogen-bond donors (Lipinski definition) is 2. The summed E-state index contributed by atoms with van der Waals surface area (Å²) in [6.45, 7) is 3.59. The Balaban J connectivity index is 1.38. The van der Waals surface area contributed by atoms with Gasteiger partial charge in [-0.3, -0.25) is 0 Å². The Morgan fingerprint density at radius 3 is 2.50 bits per heavy atom. The molecule has 3 aromatic carbocycles. The summed E-state index contributed by atoms with van der Waals surface area (Å²) in [5, 5.41) is 6.89. The predicted octanol–water partition coefficient (Wildman–Crippen LogP) is 5.35. The molecule has 0 bridgehead atoms. The van der Waals surface area contributed by atoms with Gasteiger partial charge >= 0.3 is 6.18 Å². The molecule has 0 saturated heterocycles.